The zero-order valence-electron chi connectivity index (χ0n) is 18.9. The summed E-state index contributed by atoms with van der Waals surface area (Å²) in [6.07, 6.45) is 4.26. The fourth-order valence-corrected chi connectivity index (χ4v) is 6.03. The number of piperazine rings is 1. The smallest absolute Gasteiger partial charge is 0.223 e. The summed E-state index contributed by atoms with van der Waals surface area (Å²) in [7, 11) is -1.37. The van der Waals surface area contributed by atoms with Gasteiger partial charge in [0.1, 0.15) is 0 Å². The summed E-state index contributed by atoms with van der Waals surface area (Å²) in [5.41, 5.74) is 1.98. The van der Waals surface area contributed by atoms with Crippen LogP contribution in [0, 0.1) is 6.92 Å². The first-order chi connectivity index (χ1) is 14.8. The van der Waals surface area contributed by atoms with Gasteiger partial charge in [0.25, 0.3) is 0 Å². The lowest BCUT2D eigenvalue weighted by molar-refractivity contribution is 0.0304. The highest BCUT2D eigenvalue weighted by molar-refractivity contribution is 7.91. The van der Waals surface area contributed by atoms with Gasteiger partial charge < -0.3 is 4.90 Å². The van der Waals surface area contributed by atoms with Crippen LogP contribution in [0.15, 0.2) is 52.5 Å². The summed E-state index contributed by atoms with van der Waals surface area (Å²) in [5.74, 6) is 0. The minimum atomic E-state index is -3.58. The van der Waals surface area contributed by atoms with Crippen LogP contribution in [0.1, 0.15) is 30.9 Å². The molecule has 0 saturated carbocycles. The molecule has 1 aromatic carbocycles. The minimum absolute atomic E-state index is 0.113. The molecule has 0 aliphatic carbocycles. The van der Waals surface area contributed by atoms with Crippen molar-refractivity contribution < 1.29 is 8.42 Å². The average molecular weight is 443 g/mol. The predicted octanol–water partition coefficient (Wildman–Crippen LogP) is 2.82. The number of hydrogen-bond donors (Lipinski definition) is 0. The molecular formula is C24H34N4O2S. The van der Waals surface area contributed by atoms with Crippen LogP contribution in [0.3, 0.4) is 0 Å². The van der Waals surface area contributed by atoms with Crippen LogP contribution in [0.4, 0.5) is 0 Å². The topological polar surface area (TPSA) is 56.8 Å². The molecule has 1 atom stereocenters. The van der Waals surface area contributed by atoms with Crippen molar-refractivity contribution in [1.29, 1.82) is 0 Å². The summed E-state index contributed by atoms with van der Waals surface area (Å²) in [5, 5.41) is 0.113. The molecule has 0 amide bonds. The summed E-state index contributed by atoms with van der Waals surface area (Å²) >= 11 is 0. The standard InChI is InChI=1S/C24H34N4O2S/c1-19-5-4-6-23(15-19)31(29,30)24-8-7-21(16-25-24)18-27-13-14-28(17-20(27)2)22-9-11-26(3)12-10-22/h4-8,15-16,20,22H,9-14,17-18H2,1-3H3/t20-/m1/s1. The number of likely N-dealkylation sites (tertiary alicyclic amines) is 1. The number of aryl methyl sites for hydroxylation is 1. The van der Waals surface area contributed by atoms with Crippen molar-refractivity contribution in [2.45, 2.75) is 55.2 Å². The summed E-state index contributed by atoms with van der Waals surface area (Å²) in [6.45, 7) is 10.6. The van der Waals surface area contributed by atoms with Gasteiger partial charge >= 0.3 is 0 Å². The van der Waals surface area contributed by atoms with Gasteiger partial charge in [0.2, 0.25) is 9.84 Å². The van der Waals surface area contributed by atoms with Gasteiger partial charge in [-0.2, -0.15) is 0 Å². The lowest BCUT2D eigenvalue weighted by Gasteiger charge is -2.45. The monoisotopic (exact) mass is 442 g/mol. The molecule has 1 aromatic heterocycles. The fourth-order valence-electron chi connectivity index (χ4n) is 4.75. The maximum atomic E-state index is 12.9. The van der Waals surface area contributed by atoms with Crippen LogP contribution >= 0.6 is 0 Å². The molecule has 2 saturated heterocycles. The van der Waals surface area contributed by atoms with Crippen LogP contribution in [-0.4, -0.2) is 80.0 Å². The van der Waals surface area contributed by atoms with E-state index in [9.17, 15) is 8.42 Å². The van der Waals surface area contributed by atoms with Crippen LogP contribution < -0.4 is 0 Å². The van der Waals surface area contributed by atoms with E-state index in [1.54, 1.807) is 30.5 Å². The van der Waals surface area contributed by atoms with E-state index in [-0.39, 0.29) is 5.03 Å². The molecule has 6 nitrogen and oxygen atoms in total. The zero-order chi connectivity index (χ0) is 22.0. The van der Waals surface area contributed by atoms with E-state index in [0.717, 1.165) is 37.3 Å². The van der Waals surface area contributed by atoms with Gasteiger partial charge in [-0.05, 0) is 76.2 Å². The number of rotatable bonds is 5. The van der Waals surface area contributed by atoms with E-state index in [4.69, 9.17) is 0 Å². The number of hydrogen-bond acceptors (Lipinski definition) is 6. The third kappa shape index (κ3) is 5.17. The molecule has 0 radical (unpaired) electrons. The molecule has 0 unspecified atom stereocenters. The molecule has 0 N–H and O–H groups in total. The number of nitrogens with zero attached hydrogens (tertiary/aromatic N) is 4. The zero-order valence-corrected chi connectivity index (χ0v) is 19.7. The fraction of sp³-hybridized carbons (Fsp3) is 0.542. The minimum Gasteiger partial charge on any atom is -0.306 e. The first kappa shape index (κ1) is 22.4. The van der Waals surface area contributed by atoms with Crippen molar-refractivity contribution in [3.05, 3.63) is 53.7 Å². The van der Waals surface area contributed by atoms with E-state index < -0.39 is 9.84 Å². The molecule has 2 aliphatic rings. The predicted molar refractivity (Wildman–Crippen MR) is 123 cm³/mol. The van der Waals surface area contributed by atoms with E-state index in [2.05, 4.69) is 33.7 Å². The largest absolute Gasteiger partial charge is 0.306 e. The molecule has 0 spiro atoms. The van der Waals surface area contributed by atoms with E-state index in [1.165, 1.54) is 25.9 Å². The lowest BCUT2D eigenvalue weighted by atomic mass is 10.0. The second kappa shape index (κ2) is 9.36. The third-order valence-electron chi connectivity index (χ3n) is 6.76. The Morgan fingerprint density at radius 1 is 1.06 bits per heavy atom. The van der Waals surface area contributed by atoms with Crippen molar-refractivity contribution in [3.8, 4) is 0 Å². The quantitative estimate of drug-likeness (QED) is 0.710. The molecule has 2 fully saturated rings. The highest BCUT2D eigenvalue weighted by Crippen LogP contribution is 2.23. The Morgan fingerprint density at radius 2 is 1.84 bits per heavy atom. The maximum absolute atomic E-state index is 12.9. The van der Waals surface area contributed by atoms with Crippen LogP contribution in [0.2, 0.25) is 0 Å². The maximum Gasteiger partial charge on any atom is 0.223 e. The third-order valence-corrected chi connectivity index (χ3v) is 8.43. The van der Waals surface area contributed by atoms with Gasteiger partial charge in [0.15, 0.2) is 5.03 Å². The van der Waals surface area contributed by atoms with E-state index in [0.29, 0.717) is 17.0 Å². The summed E-state index contributed by atoms with van der Waals surface area (Å²) in [6, 6.07) is 11.7. The first-order valence-electron chi connectivity index (χ1n) is 11.3. The Morgan fingerprint density at radius 3 is 2.48 bits per heavy atom. The van der Waals surface area contributed by atoms with Gasteiger partial charge in [-0.15, -0.1) is 0 Å². The van der Waals surface area contributed by atoms with Gasteiger partial charge in [-0.25, -0.2) is 13.4 Å². The molecule has 2 aromatic rings. The number of piperidine rings is 1. The van der Waals surface area contributed by atoms with Crippen LogP contribution in [0.5, 0.6) is 0 Å². The SMILES string of the molecule is Cc1cccc(S(=O)(=O)c2ccc(CN3CCN(C4CCN(C)CC4)C[C@H]3C)cn2)c1. The number of aromatic nitrogens is 1. The Labute approximate surface area is 186 Å². The number of benzene rings is 1. The Hall–Kier alpha value is -1.80. The molecule has 31 heavy (non-hydrogen) atoms. The lowest BCUT2D eigenvalue weighted by Crippen LogP contribution is -2.56. The second-order valence-corrected chi connectivity index (χ2v) is 11.1. The van der Waals surface area contributed by atoms with Crippen LogP contribution in [0.25, 0.3) is 0 Å². The van der Waals surface area contributed by atoms with Gasteiger partial charge in [-0.3, -0.25) is 9.80 Å². The molecule has 3 heterocycles. The molecule has 2 aliphatic heterocycles. The highest BCUT2D eigenvalue weighted by atomic mass is 32.2. The van der Waals surface area contributed by atoms with Gasteiger partial charge in [0, 0.05) is 44.5 Å². The molecule has 7 heteroatoms. The first-order valence-corrected chi connectivity index (χ1v) is 12.7. The molecule has 4 rings (SSSR count). The van der Waals surface area contributed by atoms with Crippen molar-refractivity contribution in [3.63, 3.8) is 0 Å². The van der Waals surface area contributed by atoms with Gasteiger partial charge in [0.05, 0.1) is 4.90 Å². The molecular weight excluding hydrogens is 408 g/mol. The average Bonchev–Trinajstić information content (AvgIpc) is 2.76. The van der Waals surface area contributed by atoms with Crippen molar-refractivity contribution >= 4 is 9.84 Å². The second-order valence-electron chi connectivity index (χ2n) is 9.17. The van der Waals surface area contributed by atoms with Crippen LogP contribution in [-0.2, 0) is 16.4 Å². The van der Waals surface area contributed by atoms with Crippen molar-refractivity contribution in [2.75, 3.05) is 39.8 Å². The Kier molecular flexibility index (Phi) is 6.77. The molecule has 168 valence electrons. The highest BCUT2D eigenvalue weighted by Gasteiger charge is 2.30. The summed E-state index contributed by atoms with van der Waals surface area (Å²) < 4.78 is 25.7. The normalized spacial score (nSPS) is 22.6. The van der Waals surface area contributed by atoms with Crippen molar-refractivity contribution in [1.82, 2.24) is 19.7 Å². The Balaban J connectivity index is 1.37. The number of pyridine rings is 1. The molecule has 0 bridgehead atoms. The van der Waals surface area contributed by atoms with E-state index >= 15 is 0 Å². The van der Waals surface area contributed by atoms with Crippen molar-refractivity contribution in [2.24, 2.45) is 0 Å². The summed E-state index contributed by atoms with van der Waals surface area (Å²) in [4.78, 5) is 12.2. The van der Waals surface area contributed by atoms with Gasteiger partial charge in [-0.1, -0.05) is 18.2 Å². The van der Waals surface area contributed by atoms with E-state index in [1.807, 2.05) is 19.1 Å². The Bertz CT molecular complexity index is 985. The number of sulfone groups is 1.